The second-order valence-corrected chi connectivity index (χ2v) is 5.65. The number of nitrogens with zero attached hydrogens (tertiary/aromatic N) is 3. The van der Waals surface area contributed by atoms with E-state index in [2.05, 4.69) is 26.3 Å². The summed E-state index contributed by atoms with van der Waals surface area (Å²) < 4.78 is 3.13. The van der Waals surface area contributed by atoms with Crippen molar-refractivity contribution in [3.8, 4) is 0 Å². The van der Waals surface area contributed by atoms with Gasteiger partial charge >= 0.3 is 0 Å². The lowest BCUT2D eigenvalue weighted by atomic mass is 10.0. The first-order valence-electron chi connectivity index (χ1n) is 5.82. The van der Waals surface area contributed by atoms with E-state index in [1.165, 1.54) is 0 Å². The summed E-state index contributed by atoms with van der Waals surface area (Å²) in [5.41, 5.74) is 7.34. The molecule has 0 saturated heterocycles. The number of hydrogen-bond acceptors (Lipinski definition) is 4. The van der Waals surface area contributed by atoms with Crippen molar-refractivity contribution >= 4 is 44.5 Å². The van der Waals surface area contributed by atoms with Crippen molar-refractivity contribution in [3.63, 3.8) is 0 Å². The van der Waals surface area contributed by atoms with Crippen LogP contribution >= 0.6 is 27.7 Å². The molecule has 0 aliphatic carbocycles. The van der Waals surface area contributed by atoms with Crippen molar-refractivity contribution in [2.45, 2.75) is 6.04 Å². The molecule has 104 valence electrons. The maximum Gasteiger partial charge on any atom is 0.270 e. The fraction of sp³-hybridized carbons (Fsp3) is 0.167. The lowest BCUT2D eigenvalue weighted by Crippen LogP contribution is -2.43. The van der Waals surface area contributed by atoms with Gasteiger partial charge < -0.3 is 11.1 Å². The average molecular weight is 357 g/mol. The molecule has 2 aromatic rings. The summed E-state index contributed by atoms with van der Waals surface area (Å²) in [5, 5.41) is 8.26. The van der Waals surface area contributed by atoms with Gasteiger partial charge in [-0.3, -0.25) is 9.48 Å². The third kappa shape index (κ3) is 2.03. The Hall–Kier alpha value is -1.73. The maximum atomic E-state index is 12.2. The second-order valence-electron chi connectivity index (χ2n) is 4.52. The fourth-order valence-electron chi connectivity index (χ4n) is 2.15. The van der Waals surface area contributed by atoms with Gasteiger partial charge in [-0.05, 0) is 33.6 Å². The average Bonchev–Trinajstić information content (AvgIpc) is 2.79. The first-order chi connectivity index (χ1) is 9.47. The summed E-state index contributed by atoms with van der Waals surface area (Å²) >= 11 is 9.16. The predicted octanol–water partition coefficient (Wildman–Crippen LogP) is 1.68. The molecule has 0 radical (unpaired) electrons. The molecule has 0 bridgehead atoms. The van der Waals surface area contributed by atoms with E-state index < -0.39 is 6.04 Å². The highest BCUT2D eigenvalue weighted by molar-refractivity contribution is 9.11. The summed E-state index contributed by atoms with van der Waals surface area (Å²) in [7, 11) is 1.85. The Morgan fingerprint density at radius 2 is 2.25 bits per heavy atom. The normalized spacial score (nSPS) is 19.6. The first-order valence-corrected chi connectivity index (χ1v) is 6.95. The van der Waals surface area contributed by atoms with Crippen LogP contribution in [0.15, 0.2) is 34.8 Å². The molecule has 0 fully saturated rings. The SMILES string of the molecule is Cn1cc2cc(C3NC(Br)=C(N)N(Cl)C3=O)ccc2n1. The van der Waals surface area contributed by atoms with Crippen LogP contribution in [-0.4, -0.2) is 20.1 Å². The Kier molecular flexibility index (Phi) is 3.10. The van der Waals surface area contributed by atoms with Crippen LogP contribution in [0.4, 0.5) is 0 Å². The number of amides is 1. The molecule has 1 atom stereocenters. The van der Waals surface area contributed by atoms with E-state index in [0.717, 1.165) is 20.9 Å². The Morgan fingerprint density at radius 3 is 3.00 bits per heavy atom. The molecule has 20 heavy (non-hydrogen) atoms. The van der Waals surface area contributed by atoms with E-state index in [1.54, 1.807) is 4.68 Å². The van der Waals surface area contributed by atoms with Crippen molar-refractivity contribution in [2.75, 3.05) is 0 Å². The third-order valence-electron chi connectivity index (χ3n) is 3.12. The molecule has 1 amide bonds. The van der Waals surface area contributed by atoms with E-state index in [9.17, 15) is 4.79 Å². The number of carbonyl (C=O) groups is 1. The highest BCUT2D eigenvalue weighted by Gasteiger charge is 2.33. The number of fused-ring (bicyclic) bond motifs is 1. The summed E-state index contributed by atoms with van der Waals surface area (Å²) in [5.74, 6) is -0.175. The molecule has 6 nitrogen and oxygen atoms in total. The highest BCUT2D eigenvalue weighted by atomic mass is 79.9. The molecule has 0 saturated carbocycles. The van der Waals surface area contributed by atoms with E-state index in [-0.39, 0.29) is 11.7 Å². The highest BCUT2D eigenvalue weighted by Crippen LogP contribution is 2.29. The molecule has 0 spiro atoms. The summed E-state index contributed by atoms with van der Waals surface area (Å²) in [4.78, 5) is 12.2. The first kappa shape index (κ1) is 13.3. The summed E-state index contributed by atoms with van der Waals surface area (Å²) in [6.07, 6.45) is 1.89. The Labute approximate surface area is 128 Å². The topological polar surface area (TPSA) is 76.2 Å². The van der Waals surface area contributed by atoms with Gasteiger partial charge in [0, 0.05) is 30.4 Å². The molecular formula is C12H11BrClN5O. The molecule has 1 aliphatic heterocycles. The van der Waals surface area contributed by atoms with Crippen molar-refractivity contribution < 1.29 is 4.79 Å². The van der Waals surface area contributed by atoms with Crippen molar-refractivity contribution in [1.82, 2.24) is 19.5 Å². The van der Waals surface area contributed by atoms with Gasteiger partial charge in [0.25, 0.3) is 5.91 Å². The second kappa shape index (κ2) is 4.68. The van der Waals surface area contributed by atoms with Crippen LogP contribution in [0.2, 0.25) is 0 Å². The Bertz CT molecular complexity index is 741. The molecule has 1 aliphatic rings. The van der Waals surface area contributed by atoms with E-state index >= 15 is 0 Å². The fourth-order valence-corrected chi connectivity index (χ4v) is 2.84. The van der Waals surface area contributed by atoms with Crippen LogP contribution in [0.1, 0.15) is 11.6 Å². The van der Waals surface area contributed by atoms with E-state index in [4.69, 9.17) is 17.5 Å². The largest absolute Gasteiger partial charge is 0.382 e. The van der Waals surface area contributed by atoms with Crippen LogP contribution in [0.25, 0.3) is 10.9 Å². The lowest BCUT2D eigenvalue weighted by Gasteiger charge is -2.29. The molecule has 3 rings (SSSR count). The number of nitrogens with one attached hydrogen (secondary N) is 1. The van der Waals surface area contributed by atoms with Gasteiger partial charge in [0.1, 0.15) is 10.6 Å². The van der Waals surface area contributed by atoms with Crippen molar-refractivity contribution in [1.29, 1.82) is 0 Å². The monoisotopic (exact) mass is 355 g/mol. The van der Waals surface area contributed by atoms with Crippen molar-refractivity contribution in [3.05, 3.63) is 40.4 Å². The minimum absolute atomic E-state index is 0.148. The number of rotatable bonds is 1. The standard InChI is InChI=1S/C12H11BrClN5O/c1-18-5-7-4-6(2-3-8(7)17-18)9-12(20)19(14)11(15)10(13)16-9/h2-5,9,16H,15H2,1H3. The predicted molar refractivity (Wildman–Crippen MR) is 79.4 cm³/mol. The minimum atomic E-state index is -0.584. The molecular weight excluding hydrogens is 346 g/mol. The van der Waals surface area contributed by atoms with Gasteiger partial charge in [0.05, 0.1) is 5.52 Å². The Balaban J connectivity index is 2.04. The van der Waals surface area contributed by atoms with Crippen LogP contribution in [-0.2, 0) is 11.8 Å². The van der Waals surface area contributed by atoms with Gasteiger partial charge in [-0.1, -0.05) is 6.07 Å². The van der Waals surface area contributed by atoms with Crippen LogP contribution in [0.3, 0.4) is 0 Å². The zero-order valence-corrected chi connectivity index (χ0v) is 12.8. The van der Waals surface area contributed by atoms with Gasteiger partial charge in [-0.2, -0.15) is 5.10 Å². The van der Waals surface area contributed by atoms with Gasteiger partial charge in [0.15, 0.2) is 5.82 Å². The third-order valence-corrected chi connectivity index (χ3v) is 4.11. The quantitative estimate of drug-likeness (QED) is 0.602. The Morgan fingerprint density at radius 1 is 1.50 bits per heavy atom. The number of hydrogen-bond donors (Lipinski definition) is 2. The van der Waals surface area contributed by atoms with Gasteiger partial charge in [-0.15, -0.1) is 0 Å². The lowest BCUT2D eigenvalue weighted by molar-refractivity contribution is -0.128. The molecule has 1 aromatic heterocycles. The number of aryl methyl sites for hydroxylation is 1. The van der Waals surface area contributed by atoms with E-state index in [1.807, 2.05) is 31.4 Å². The van der Waals surface area contributed by atoms with Crippen LogP contribution in [0.5, 0.6) is 0 Å². The zero-order chi connectivity index (χ0) is 14.4. The van der Waals surface area contributed by atoms with E-state index in [0.29, 0.717) is 4.61 Å². The van der Waals surface area contributed by atoms with Gasteiger partial charge in [-0.25, -0.2) is 4.42 Å². The summed E-state index contributed by atoms with van der Waals surface area (Å²) in [6.45, 7) is 0. The number of halogens is 2. The number of nitrogens with two attached hydrogens (primary N) is 1. The van der Waals surface area contributed by atoms with Crippen molar-refractivity contribution in [2.24, 2.45) is 12.8 Å². The minimum Gasteiger partial charge on any atom is -0.382 e. The van der Waals surface area contributed by atoms with Crippen LogP contribution in [0, 0.1) is 0 Å². The van der Waals surface area contributed by atoms with Gasteiger partial charge in [0.2, 0.25) is 0 Å². The van der Waals surface area contributed by atoms with Crippen LogP contribution < -0.4 is 11.1 Å². The maximum absolute atomic E-state index is 12.2. The molecule has 1 aromatic carbocycles. The number of carbonyl (C=O) groups excluding carboxylic acids is 1. The smallest absolute Gasteiger partial charge is 0.270 e. The number of benzene rings is 1. The molecule has 3 N–H and O–H groups in total. The number of aromatic nitrogens is 2. The molecule has 1 unspecified atom stereocenters. The summed E-state index contributed by atoms with van der Waals surface area (Å²) in [6, 6.07) is 5.04. The zero-order valence-electron chi connectivity index (χ0n) is 10.5. The molecule has 8 heteroatoms. The molecule has 2 heterocycles.